The number of hydrogen-bond acceptors (Lipinski definition) is 7. The molecule has 5 rings (SSSR count). The zero-order valence-corrected chi connectivity index (χ0v) is 18.9. The van der Waals surface area contributed by atoms with Crippen LogP contribution in [-0.2, 0) is 14.8 Å². The summed E-state index contributed by atoms with van der Waals surface area (Å²) in [5, 5.41) is 0.943. The van der Waals surface area contributed by atoms with Gasteiger partial charge in [0.25, 0.3) is 5.91 Å². The number of morpholine rings is 1. The lowest BCUT2D eigenvalue weighted by Gasteiger charge is -2.35. The van der Waals surface area contributed by atoms with E-state index in [1.54, 1.807) is 18.3 Å². The summed E-state index contributed by atoms with van der Waals surface area (Å²) in [6.45, 7) is 3.86. The molecule has 0 radical (unpaired) electrons. The third kappa shape index (κ3) is 4.29. The molecule has 3 aromatic rings. The first-order valence-electron chi connectivity index (χ1n) is 11.0. The van der Waals surface area contributed by atoms with Gasteiger partial charge in [0, 0.05) is 57.0 Å². The number of amides is 1. The zero-order valence-electron chi connectivity index (χ0n) is 18.1. The highest BCUT2D eigenvalue weighted by molar-refractivity contribution is 7.89. The van der Waals surface area contributed by atoms with E-state index in [0.717, 1.165) is 5.39 Å². The third-order valence-corrected chi connectivity index (χ3v) is 7.96. The van der Waals surface area contributed by atoms with E-state index in [4.69, 9.17) is 4.74 Å². The van der Waals surface area contributed by atoms with Crippen LogP contribution in [0, 0.1) is 0 Å². The molecule has 0 saturated carbocycles. The van der Waals surface area contributed by atoms with E-state index in [0.29, 0.717) is 69.4 Å². The highest BCUT2D eigenvalue weighted by Gasteiger charge is 2.28. The van der Waals surface area contributed by atoms with Crippen LogP contribution in [0.1, 0.15) is 10.4 Å². The summed E-state index contributed by atoms with van der Waals surface area (Å²) in [5.74, 6) is 0.675. The Kier molecular flexibility index (Phi) is 5.96. The van der Waals surface area contributed by atoms with Gasteiger partial charge in [-0.1, -0.05) is 18.2 Å². The number of anilines is 1. The molecule has 0 spiro atoms. The summed E-state index contributed by atoms with van der Waals surface area (Å²) >= 11 is 0. The maximum absolute atomic E-state index is 13.1. The number of sulfonamides is 1. The summed E-state index contributed by atoms with van der Waals surface area (Å²) in [7, 11) is -3.56. The quantitative estimate of drug-likeness (QED) is 0.575. The Morgan fingerprint density at radius 3 is 2.36 bits per heavy atom. The zero-order chi connectivity index (χ0) is 22.8. The maximum Gasteiger partial charge on any atom is 0.256 e. The Morgan fingerprint density at radius 1 is 0.879 bits per heavy atom. The van der Waals surface area contributed by atoms with Gasteiger partial charge in [0.15, 0.2) is 0 Å². The highest BCUT2D eigenvalue weighted by atomic mass is 32.2. The fourth-order valence-electron chi connectivity index (χ4n) is 4.23. The van der Waals surface area contributed by atoms with Gasteiger partial charge in [-0.15, -0.1) is 0 Å². The molecule has 1 aromatic carbocycles. The number of benzene rings is 1. The molecular formula is C23H25N5O4S. The first kappa shape index (κ1) is 21.7. The minimum absolute atomic E-state index is 0.0288. The van der Waals surface area contributed by atoms with Crippen molar-refractivity contribution in [2.24, 2.45) is 0 Å². The molecule has 0 bridgehead atoms. The van der Waals surface area contributed by atoms with Crippen molar-refractivity contribution in [3.05, 3.63) is 60.4 Å². The van der Waals surface area contributed by atoms with E-state index < -0.39 is 10.0 Å². The lowest BCUT2D eigenvalue weighted by atomic mass is 10.1. The molecule has 0 unspecified atom stereocenters. The van der Waals surface area contributed by atoms with Gasteiger partial charge in [-0.2, -0.15) is 4.31 Å². The van der Waals surface area contributed by atoms with Gasteiger partial charge in [-0.05, 0) is 24.3 Å². The number of hydrogen-bond donors (Lipinski definition) is 0. The number of carbonyl (C=O) groups excluding carboxylic acids is 1. The number of piperazine rings is 1. The van der Waals surface area contributed by atoms with Crippen LogP contribution in [-0.4, -0.2) is 86.0 Å². The largest absolute Gasteiger partial charge is 0.379 e. The van der Waals surface area contributed by atoms with Crippen molar-refractivity contribution in [2.45, 2.75) is 4.90 Å². The molecule has 0 N–H and O–H groups in total. The van der Waals surface area contributed by atoms with Gasteiger partial charge in [-0.3, -0.25) is 9.78 Å². The fraction of sp³-hybridized carbons (Fsp3) is 0.348. The number of pyridine rings is 2. The molecule has 10 heteroatoms. The van der Waals surface area contributed by atoms with E-state index in [-0.39, 0.29) is 10.8 Å². The number of nitrogens with zero attached hydrogens (tertiary/aromatic N) is 5. The summed E-state index contributed by atoms with van der Waals surface area (Å²) in [6.07, 6.45) is 3.12. The monoisotopic (exact) mass is 467 g/mol. The average molecular weight is 468 g/mol. The Bertz CT molecular complexity index is 1250. The maximum atomic E-state index is 13.1. The number of para-hydroxylation sites is 1. The normalized spacial score (nSPS) is 17.9. The van der Waals surface area contributed by atoms with E-state index in [1.807, 2.05) is 35.2 Å². The van der Waals surface area contributed by atoms with Crippen molar-refractivity contribution in [1.29, 1.82) is 0 Å². The van der Waals surface area contributed by atoms with Gasteiger partial charge in [0.2, 0.25) is 10.0 Å². The summed E-state index contributed by atoms with van der Waals surface area (Å²) < 4.78 is 32.3. The second-order valence-electron chi connectivity index (χ2n) is 8.03. The van der Waals surface area contributed by atoms with Gasteiger partial charge >= 0.3 is 0 Å². The molecule has 9 nitrogen and oxygen atoms in total. The van der Waals surface area contributed by atoms with Crippen LogP contribution in [0.3, 0.4) is 0 Å². The molecule has 2 aromatic heterocycles. The molecule has 2 aliphatic heterocycles. The third-order valence-electron chi connectivity index (χ3n) is 6.08. The first-order chi connectivity index (χ1) is 16.0. The van der Waals surface area contributed by atoms with Crippen molar-refractivity contribution < 1.29 is 17.9 Å². The second kappa shape index (κ2) is 9.05. The van der Waals surface area contributed by atoms with Crippen molar-refractivity contribution in [1.82, 2.24) is 19.2 Å². The molecule has 1 amide bonds. The van der Waals surface area contributed by atoms with Crippen LogP contribution < -0.4 is 4.90 Å². The van der Waals surface area contributed by atoms with Crippen molar-refractivity contribution in [2.75, 3.05) is 57.4 Å². The Morgan fingerprint density at radius 2 is 1.64 bits per heavy atom. The number of carbonyl (C=O) groups is 1. The standard InChI is InChI=1S/C23H25N5O4S/c29-23(20-5-1-3-18-4-2-8-24-22(18)20)27-11-9-26(10-12-27)21-7-6-19(17-25-21)33(30,31)28-13-15-32-16-14-28/h1-8,17H,9-16H2. The number of rotatable bonds is 4. The molecule has 172 valence electrons. The predicted molar refractivity (Wildman–Crippen MR) is 124 cm³/mol. The Balaban J connectivity index is 1.25. The molecule has 2 aliphatic rings. The molecule has 33 heavy (non-hydrogen) atoms. The van der Waals surface area contributed by atoms with Crippen LogP contribution in [0.15, 0.2) is 59.8 Å². The van der Waals surface area contributed by atoms with Gasteiger partial charge in [-0.25, -0.2) is 13.4 Å². The molecule has 2 saturated heterocycles. The van der Waals surface area contributed by atoms with Crippen molar-refractivity contribution >= 4 is 32.7 Å². The minimum Gasteiger partial charge on any atom is -0.379 e. The Labute approximate surface area is 192 Å². The van der Waals surface area contributed by atoms with Gasteiger partial charge < -0.3 is 14.5 Å². The summed E-state index contributed by atoms with van der Waals surface area (Å²) in [4.78, 5) is 26.0. The molecular weight excluding hydrogens is 442 g/mol. The minimum atomic E-state index is -3.56. The fourth-order valence-corrected chi connectivity index (χ4v) is 5.59. The Hall–Kier alpha value is -3.08. The van der Waals surface area contributed by atoms with Crippen LogP contribution in [0.4, 0.5) is 5.82 Å². The molecule has 0 atom stereocenters. The number of ether oxygens (including phenoxy) is 1. The van der Waals surface area contributed by atoms with E-state index >= 15 is 0 Å². The van der Waals surface area contributed by atoms with Crippen LogP contribution in [0.2, 0.25) is 0 Å². The SMILES string of the molecule is O=C(c1cccc2cccnc12)N1CCN(c2ccc(S(=O)(=O)N3CCOCC3)cn2)CC1. The molecule has 2 fully saturated rings. The number of fused-ring (bicyclic) bond motifs is 1. The lowest BCUT2D eigenvalue weighted by molar-refractivity contribution is 0.0730. The van der Waals surface area contributed by atoms with E-state index in [2.05, 4.69) is 14.9 Å². The van der Waals surface area contributed by atoms with Crippen LogP contribution in [0.5, 0.6) is 0 Å². The van der Waals surface area contributed by atoms with Crippen LogP contribution in [0.25, 0.3) is 10.9 Å². The van der Waals surface area contributed by atoms with E-state index in [1.165, 1.54) is 10.5 Å². The summed E-state index contributed by atoms with van der Waals surface area (Å²) in [5.41, 5.74) is 1.32. The van der Waals surface area contributed by atoms with Crippen LogP contribution >= 0.6 is 0 Å². The van der Waals surface area contributed by atoms with Crippen molar-refractivity contribution in [3.8, 4) is 0 Å². The van der Waals surface area contributed by atoms with Crippen molar-refractivity contribution in [3.63, 3.8) is 0 Å². The van der Waals surface area contributed by atoms with Gasteiger partial charge in [0.05, 0.1) is 24.3 Å². The van der Waals surface area contributed by atoms with E-state index in [9.17, 15) is 13.2 Å². The second-order valence-corrected chi connectivity index (χ2v) is 9.97. The topological polar surface area (TPSA) is 95.9 Å². The first-order valence-corrected chi connectivity index (χ1v) is 12.4. The number of aromatic nitrogens is 2. The smallest absolute Gasteiger partial charge is 0.256 e. The predicted octanol–water partition coefficient (Wildman–Crippen LogP) is 1.61. The lowest BCUT2D eigenvalue weighted by Crippen LogP contribution is -2.49. The highest BCUT2D eigenvalue weighted by Crippen LogP contribution is 2.22. The molecule has 4 heterocycles. The molecule has 0 aliphatic carbocycles. The summed E-state index contributed by atoms with van der Waals surface area (Å²) in [6, 6.07) is 12.8. The average Bonchev–Trinajstić information content (AvgIpc) is 2.88. The van der Waals surface area contributed by atoms with Gasteiger partial charge in [0.1, 0.15) is 10.7 Å².